The highest BCUT2D eigenvalue weighted by molar-refractivity contribution is 5.63. The fourth-order valence-corrected chi connectivity index (χ4v) is 1.41. The highest BCUT2D eigenvalue weighted by Gasteiger charge is 2.09. The van der Waals surface area contributed by atoms with Crippen molar-refractivity contribution in [2.75, 3.05) is 30.3 Å². The van der Waals surface area contributed by atoms with Crippen LogP contribution in [0, 0.1) is 6.92 Å². The van der Waals surface area contributed by atoms with Crippen LogP contribution in [0.1, 0.15) is 5.56 Å². The molecular formula is C11H17N3O. The molecular weight excluding hydrogens is 190 g/mol. The number of rotatable bonds is 5. The van der Waals surface area contributed by atoms with Crippen molar-refractivity contribution in [3.05, 3.63) is 30.5 Å². The van der Waals surface area contributed by atoms with Gasteiger partial charge in [-0.25, -0.2) is 4.98 Å². The summed E-state index contributed by atoms with van der Waals surface area (Å²) in [7, 11) is 0. The van der Waals surface area contributed by atoms with E-state index in [0.29, 0.717) is 24.6 Å². The van der Waals surface area contributed by atoms with Crippen molar-refractivity contribution in [2.45, 2.75) is 6.92 Å². The molecule has 15 heavy (non-hydrogen) atoms. The molecule has 3 N–H and O–H groups in total. The molecule has 1 aromatic rings. The summed E-state index contributed by atoms with van der Waals surface area (Å²) in [5, 5.41) is 8.93. The van der Waals surface area contributed by atoms with Gasteiger partial charge in [0.25, 0.3) is 0 Å². The van der Waals surface area contributed by atoms with Crippen LogP contribution in [0.25, 0.3) is 0 Å². The number of nitrogen functional groups attached to an aromatic ring is 1. The zero-order valence-electron chi connectivity index (χ0n) is 8.98. The average molecular weight is 207 g/mol. The van der Waals surface area contributed by atoms with Crippen LogP contribution in [0.2, 0.25) is 0 Å². The molecule has 0 aliphatic heterocycles. The minimum absolute atomic E-state index is 0.0723. The number of nitrogens with two attached hydrogens (primary N) is 1. The van der Waals surface area contributed by atoms with E-state index in [-0.39, 0.29) is 6.61 Å². The van der Waals surface area contributed by atoms with Crippen LogP contribution in [-0.2, 0) is 0 Å². The van der Waals surface area contributed by atoms with Crippen molar-refractivity contribution in [1.29, 1.82) is 0 Å². The maximum Gasteiger partial charge on any atom is 0.152 e. The summed E-state index contributed by atoms with van der Waals surface area (Å²) in [6.07, 6.45) is 3.52. The quantitative estimate of drug-likeness (QED) is 0.706. The molecule has 0 spiro atoms. The maximum atomic E-state index is 8.93. The summed E-state index contributed by atoms with van der Waals surface area (Å²) in [6.45, 7) is 6.81. The highest BCUT2D eigenvalue weighted by atomic mass is 16.3. The van der Waals surface area contributed by atoms with Crippen molar-refractivity contribution in [1.82, 2.24) is 4.98 Å². The van der Waals surface area contributed by atoms with E-state index in [4.69, 9.17) is 10.8 Å². The van der Waals surface area contributed by atoms with Gasteiger partial charge in [0.2, 0.25) is 0 Å². The zero-order chi connectivity index (χ0) is 11.3. The molecule has 0 unspecified atom stereocenters. The Morgan fingerprint density at radius 3 is 2.93 bits per heavy atom. The summed E-state index contributed by atoms with van der Waals surface area (Å²) in [5.74, 6) is 0.703. The Morgan fingerprint density at radius 1 is 1.67 bits per heavy atom. The van der Waals surface area contributed by atoms with Gasteiger partial charge < -0.3 is 15.7 Å². The fraction of sp³-hybridized carbons (Fsp3) is 0.364. The van der Waals surface area contributed by atoms with E-state index < -0.39 is 0 Å². The molecule has 0 aliphatic rings. The molecule has 0 atom stereocenters. The smallest absolute Gasteiger partial charge is 0.152 e. The minimum Gasteiger partial charge on any atom is -0.396 e. The zero-order valence-corrected chi connectivity index (χ0v) is 8.98. The number of aryl methyl sites for hydroxylation is 1. The summed E-state index contributed by atoms with van der Waals surface area (Å²) in [4.78, 5) is 6.15. The van der Waals surface area contributed by atoms with Gasteiger partial charge in [-0.15, -0.1) is 6.58 Å². The summed E-state index contributed by atoms with van der Waals surface area (Å²) >= 11 is 0. The molecule has 0 radical (unpaired) electrons. The number of aliphatic hydroxyl groups excluding tert-OH is 1. The molecule has 0 aromatic carbocycles. The van der Waals surface area contributed by atoms with Crippen LogP contribution in [0.3, 0.4) is 0 Å². The molecule has 4 heteroatoms. The van der Waals surface area contributed by atoms with E-state index >= 15 is 0 Å². The second-order valence-corrected chi connectivity index (χ2v) is 3.38. The Morgan fingerprint density at radius 2 is 2.40 bits per heavy atom. The second kappa shape index (κ2) is 5.36. The predicted molar refractivity (Wildman–Crippen MR) is 62.9 cm³/mol. The standard InChI is InChI=1S/C11H17N3O/c1-3-4-14(5-6-15)11-10(12)7-9(2)8-13-11/h3,7-8,15H,1,4-6,12H2,2H3. The number of aromatic nitrogens is 1. The molecule has 4 nitrogen and oxygen atoms in total. The van der Waals surface area contributed by atoms with Crippen LogP contribution in [-0.4, -0.2) is 29.8 Å². The number of aliphatic hydroxyl groups is 1. The Labute approximate surface area is 90.0 Å². The van der Waals surface area contributed by atoms with Gasteiger partial charge >= 0.3 is 0 Å². The molecule has 0 amide bonds. The first-order valence-corrected chi connectivity index (χ1v) is 4.88. The van der Waals surface area contributed by atoms with E-state index in [1.807, 2.05) is 17.9 Å². The molecule has 0 saturated heterocycles. The van der Waals surface area contributed by atoms with E-state index in [2.05, 4.69) is 11.6 Å². The van der Waals surface area contributed by atoms with Crippen LogP contribution in [0.15, 0.2) is 24.9 Å². The summed E-state index contributed by atoms with van der Waals surface area (Å²) in [5.41, 5.74) is 7.52. The lowest BCUT2D eigenvalue weighted by molar-refractivity contribution is 0.302. The van der Waals surface area contributed by atoms with Gasteiger partial charge in [0.05, 0.1) is 12.3 Å². The first kappa shape index (κ1) is 11.5. The molecule has 1 rings (SSSR count). The molecule has 0 fully saturated rings. The highest BCUT2D eigenvalue weighted by Crippen LogP contribution is 2.20. The number of nitrogens with zero attached hydrogens (tertiary/aromatic N) is 2. The third kappa shape index (κ3) is 2.95. The first-order valence-electron chi connectivity index (χ1n) is 4.88. The van der Waals surface area contributed by atoms with Crippen molar-refractivity contribution >= 4 is 11.5 Å². The van der Waals surface area contributed by atoms with Gasteiger partial charge in [0, 0.05) is 19.3 Å². The van der Waals surface area contributed by atoms with Crippen LogP contribution in [0.5, 0.6) is 0 Å². The van der Waals surface area contributed by atoms with Gasteiger partial charge in [0.1, 0.15) is 0 Å². The third-order valence-electron chi connectivity index (χ3n) is 2.05. The van der Waals surface area contributed by atoms with Crippen LogP contribution in [0.4, 0.5) is 11.5 Å². The minimum atomic E-state index is 0.0723. The molecule has 0 saturated carbocycles. The van der Waals surface area contributed by atoms with Crippen molar-refractivity contribution in [3.8, 4) is 0 Å². The Bertz CT molecular complexity index is 339. The molecule has 1 heterocycles. The Kier molecular flexibility index (Phi) is 4.12. The van der Waals surface area contributed by atoms with Gasteiger partial charge in [-0.1, -0.05) is 6.08 Å². The van der Waals surface area contributed by atoms with Crippen LogP contribution >= 0.6 is 0 Å². The lowest BCUT2D eigenvalue weighted by Crippen LogP contribution is -2.28. The number of pyridine rings is 1. The van der Waals surface area contributed by atoms with Crippen molar-refractivity contribution in [3.63, 3.8) is 0 Å². The lowest BCUT2D eigenvalue weighted by Gasteiger charge is -2.22. The monoisotopic (exact) mass is 207 g/mol. The fourth-order valence-electron chi connectivity index (χ4n) is 1.41. The van der Waals surface area contributed by atoms with Gasteiger partial charge in [-0.2, -0.15) is 0 Å². The van der Waals surface area contributed by atoms with E-state index in [1.54, 1.807) is 12.3 Å². The lowest BCUT2D eigenvalue weighted by atomic mass is 10.2. The SMILES string of the molecule is C=CCN(CCO)c1ncc(C)cc1N. The van der Waals surface area contributed by atoms with Gasteiger partial charge in [-0.3, -0.25) is 0 Å². The largest absolute Gasteiger partial charge is 0.396 e. The summed E-state index contributed by atoms with van der Waals surface area (Å²) in [6, 6.07) is 1.87. The van der Waals surface area contributed by atoms with Gasteiger partial charge in [-0.05, 0) is 18.6 Å². The van der Waals surface area contributed by atoms with Crippen molar-refractivity contribution < 1.29 is 5.11 Å². The Hall–Kier alpha value is -1.55. The van der Waals surface area contributed by atoms with E-state index in [1.165, 1.54) is 0 Å². The van der Waals surface area contributed by atoms with E-state index in [9.17, 15) is 0 Å². The predicted octanol–water partition coefficient (Wildman–Crippen LogP) is 0.957. The maximum absolute atomic E-state index is 8.93. The topological polar surface area (TPSA) is 62.4 Å². The molecule has 82 valence electrons. The normalized spacial score (nSPS) is 10.0. The number of hydrogen-bond acceptors (Lipinski definition) is 4. The summed E-state index contributed by atoms with van der Waals surface area (Å²) < 4.78 is 0. The Balaban J connectivity index is 2.94. The number of anilines is 2. The number of hydrogen-bond donors (Lipinski definition) is 2. The van der Waals surface area contributed by atoms with Crippen LogP contribution < -0.4 is 10.6 Å². The van der Waals surface area contributed by atoms with E-state index in [0.717, 1.165) is 5.56 Å². The molecule has 0 bridgehead atoms. The average Bonchev–Trinajstić information content (AvgIpc) is 2.17. The van der Waals surface area contributed by atoms with Gasteiger partial charge in [0.15, 0.2) is 5.82 Å². The molecule has 1 aromatic heterocycles. The van der Waals surface area contributed by atoms with Crippen molar-refractivity contribution in [2.24, 2.45) is 0 Å². The molecule has 0 aliphatic carbocycles. The third-order valence-corrected chi connectivity index (χ3v) is 2.05. The first-order chi connectivity index (χ1) is 7.19. The second-order valence-electron chi connectivity index (χ2n) is 3.38.